The molecule has 1 aliphatic rings. The van der Waals surface area contributed by atoms with Gasteiger partial charge in [-0.15, -0.1) is 0 Å². The number of likely N-dealkylation sites (tertiary alicyclic amines) is 1. The number of aromatic nitrogens is 1. The van der Waals surface area contributed by atoms with Crippen LogP contribution in [0.2, 0.25) is 0 Å². The van der Waals surface area contributed by atoms with Crippen LogP contribution in [-0.4, -0.2) is 44.6 Å². The van der Waals surface area contributed by atoms with Gasteiger partial charge in [-0.05, 0) is 25.5 Å². The molecule has 0 bridgehead atoms. The lowest BCUT2D eigenvalue weighted by molar-refractivity contribution is -0.386. The molecular formula is C12H15N3O5. The second kappa shape index (κ2) is 5.83. The van der Waals surface area contributed by atoms with E-state index in [0.717, 1.165) is 12.5 Å². The van der Waals surface area contributed by atoms with Crippen LogP contribution >= 0.6 is 0 Å². The van der Waals surface area contributed by atoms with Crippen molar-refractivity contribution in [2.24, 2.45) is 0 Å². The molecule has 0 aromatic carbocycles. The summed E-state index contributed by atoms with van der Waals surface area (Å²) in [5.74, 6) is -0.867. The molecule has 2 heterocycles. The summed E-state index contributed by atoms with van der Waals surface area (Å²) in [6, 6.07) is 2.08. The lowest BCUT2D eigenvalue weighted by atomic mass is 10.2. The van der Waals surface area contributed by atoms with Gasteiger partial charge in [-0.2, -0.15) is 0 Å². The van der Waals surface area contributed by atoms with Crippen molar-refractivity contribution >= 4 is 11.7 Å². The zero-order valence-electron chi connectivity index (χ0n) is 10.8. The predicted molar refractivity (Wildman–Crippen MR) is 69.6 cm³/mol. The predicted octanol–water partition coefficient (Wildman–Crippen LogP) is 0.305. The minimum atomic E-state index is -0.867. The van der Waals surface area contributed by atoms with E-state index < -0.39 is 28.2 Å². The van der Waals surface area contributed by atoms with Crippen molar-refractivity contribution in [3.8, 4) is 0 Å². The molecule has 0 saturated carbocycles. The van der Waals surface area contributed by atoms with Crippen molar-refractivity contribution < 1.29 is 14.8 Å². The number of nitrogens with zero attached hydrogens (tertiary/aromatic N) is 3. The summed E-state index contributed by atoms with van der Waals surface area (Å²) in [5, 5.41) is 19.7. The Labute approximate surface area is 114 Å². The van der Waals surface area contributed by atoms with Crippen LogP contribution in [0.15, 0.2) is 23.1 Å². The Morgan fingerprint density at radius 1 is 1.50 bits per heavy atom. The van der Waals surface area contributed by atoms with Gasteiger partial charge < -0.3 is 9.67 Å². The van der Waals surface area contributed by atoms with Crippen molar-refractivity contribution in [3.63, 3.8) is 0 Å². The molecule has 1 fully saturated rings. The minimum absolute atomic E-state index is 0.240. The second-order valence-corrected chi connectivity index (χ2v) is 4.68. The molecule has 0 radical (unpaired) electrons. The van der Waals surface area contributed by atoms with E-state index in [1.165, 1.54) is 16.8 Å². The molecule has 1 atom stereocenters. The highest BCUT2D eigenvalue weighted by Crippen LogP contribution is 2.16. The fourth-order valence-corrected chi connectivity index (χ4v) is 2.45. The van der Waals surface area contributed by atoms with Crippen LogP contribution in [0.3, 0.4) is 0 Å². The van der Waals surface area contributed by atoms with Crippen molar-refractivity contribution in [1.82, 2.24) is 9.47 Å². The van der Waals surface area contributed by atoms with Crippen LogP contribution in [0, 0.1) is 10.1 Å². The summed E-state index contributed by atoms with van der Waals surface area (Å²) in [5.41, 5.74) is -1.13. The zero-order chi connectivity index (χ0) is 14.7. The van der Waals surface area contributed by atoms with Crippen LogP contribution in [-0.2, 0) is 11.3 Å². The molecule has 0 amide bonds. The van der Waals surface area contributed by atoms with Gasteiger partial charge in [0.2, 0.25) is 0 Å². The molecule has 0 aliphatic carbocycles. The van der Waals surface area contributed by atoms with Gasteiger partial charge in [0, 0.05) is 25.4 Å². The average Bonchev–Trinajstić information content (AvgIpc) is 2.85. The summed E-state index contributed by atoms with van der Waals surface area (Å²) in [4.78, 5) is 34.6. The molecule has 0 spiro atoms. The highest BCUT2D eigenvalue weighted by Gasteiger charge is 2.30. The van der Waals surface area contributed by atoms with E-state index in [4.69, 9.17) is 5.11 Å². The maximum atomic E-state index is 11.8. The Kier molecular flexibility index (Phi) is 4.14. The van der Waals surface area contributed by atoms with Gasteiger partial charge in [-0.25, -0.2) is 0 Å². The van der Waals surface area contributed by atoms with Crippen LogP contribution < -0.4 is 5.56 Å². The van der Waals surface area contributed by atoms with Gasteiger partial charge >= 0.3 is 17.2 Å². The molecule has 1 aromatic heterocycles. The van der Waals surface area contributed by atoms with E-state index in [2.05, 4.69) is 0 Å². The van der Waals surface area contributed by atoms with E-state index in [9.17, 15) is 19.7 Å². The number of aliphatic carboxylic acids is 1. The van der Waals surface area contributed by atoms with E-state index in [1.807, 2.05) is 0 Å². The van der Waals surface area contributed by atoms with E-state index in [1.54, 1.807) is 4.90 Å². The summed E-state index contributed by atoms with van der Waals surface area (Å²) in [7, 11) is 0. The number of carboxylic acid groups (broad SMARTS) is 1. The molecule has 1 saturated heterocycles. The smallest absolute Gasteiger partial charge is 0.334 e. The monoisotopic (exact) mass is 281 g/mol. The Hall–Kier alpha value is -2.22. The van der Waals surface area contributed by atoms with Gasteiger partial charge in [0.25, 0.3) is 0 Å². The first-order valence-corrected chi connectivity index (χ1v) is 6.31. The summed E-state index contributed by atoms with van der Waals surface area (Å²) in [6.07, 6.45) is 2.88. The third-order valence-corrected chi connectivity index (χ3v) is 3.47. The van der Waals surface area contributed by atoms with Crippen molar-refractivity contribution in [2.45, 2.75) is 25.4 Å². The fraction of sp³-hybridized carbons (Fsp3) is 0.500. The molecule has 1 aliphatic heterocycles. The Balaban J connectivity index is 2.08. The van der Waals surface area contributed by atoms with Gasteiger partial charge in [-0.1, -0.05) is 0 Å². The first-order valence-electron chi connectivity index (χ1n) is 6.31. The summed E-state index contributed by atoms with van der Waals surface area (Å²) >= 11 is 0. The fourth-order valence-electron chi connectivity index (χ4n) is 2.45. The Morgan fingerprint density at radius 2 is 2.25 bits per heavy atom. The quantitative estimate of drug-likeness (QED) is 0.615. The van der Waals surface area contributed by atoms with Crippen molar-refractivity contribution in [3.05, 3.63) is 38.8 Å². The van der Waals surface area contributed by atoms with Gasteiger partial charge in [0.15, 0.2) is 0 Å². The number of pyridine rings is 1. The maximum Gasteiger partial charge on any atom is 0.334 e. The number of carboxylic acids is 1. The Bertz CT molecular complexity index is 583. The van der Waals surface area contributed by atoms with Crippen molar-refractivity contribution in [2.75, 3.05) is 13.1 Å². The molecule has 1 aromatic rings. The van der Waals surface area contributed by atoms with Crippen molar-refractivity contribution in [1.29, 1.82) is 0 Å². The van der Waals surface area contributed by atoms with Gasteiger partial charge in [-0.3, -0.25) is 24.6 Å². The van der Waals surface area contributed by atoms with Gasteiger partial charge in [0.05, 0.1) is 4.92 Å². The lowest BCUT2D eigenvalue weighted by Crippen LogP contribution is -2.39. The third-order valence-electron chi connectivity index (χ3n) is 3.47. The normalized spacial score (nSPS) is 19.1. The summed E-state index contributed by atoms with van der Waals surface area (Å²) < 4.78 is 1.25. The van der Waals surface area contributed by atoms with Crippen LogP contribution in [0.5, 0.6) is 0 Å². The highest BCUT2D eigenvalue weighted by molar-refractivity contribution is 5.73. The van der Waals surface area contributed by atoms with E-state index >= 15 is 0 Å². The largest absolute Gasteiger partial charge is 0.480 e. The lowest BCUT2D eigenvalue weighted by Gasteiger charge is -2.21. The number of hydrogen-bond acceptors (Lipinski definition) is 5. The second-order valence-electron chi connectivity index (χ2n) is 4.68. The number of rotatable bonds is 5. The topological polar surface area (TPSA) is 106 Å². The molecule has 8 nitrogen and oxygen atoms in total. The zero-order valence-corrected chi connectivity index (χ0v) is 10.8. The van der Waals surface area contributed by atoms with Crippen LogP contribution in [0.1, 0.15) is 12.8 Å². The average molecular weight is 281 g/mol. The van der Waals surface area contributed by atoms with E-state index in [0.29, 0.717) is 19.5 Å². The van der Waals surface area contributed by atoms with Crippen LogP contribution in [0.25, 0.3) is 0 Å². The molecule has 108 valence electrons. The first-order chi connectivity index (χ1) is 9.50. The van der Waals surface area contributed by atoms with Gasteiger partial charge in [0.1, 0.15) is 6.04 Å². The molecular weight excluding hydrogens is 266 g/mol. The highest BCUT2D eigenvalue weighted by atomic mass is 16.6. The molecule has 8 heteroatoms. The molecule has 1 N–H and O–H groups in total. The molecule has 2 rings (SSSR count). The third kappa shape index (κ3) is 2.85. The standard InChI is InChI=1S/C12H15N3O5/c16-11-9(15(19)20)3-1-6-14(11)8-7-13-5-2-4-10(13)12(17)18/h1,3,6,10H,2,4-5,7-8H2,(H,17,18). The molecule has 20 heavy (non-hydrogen) atoms. The SMILES string of the molecule is O=C(O)C1CCCN1CCn1cccc([N+](=O)[O-])c1=O. The Morgan fingerprint density at radius 3 is 2.90 bits per heavy atom. The van der Waals surface area contributed by atoms with E-state index in [-0.39, 0.29) is 6.54 Å². The maximum absolute atomic E-state index is 11.8. The van der Waals surface area contributed by atoms with Crippen LogP contribution in [0.4, 0.5) is 5.69 Å². The summed E-state index contributed by atoms with van der Waals surface area (Å²) in [6.45, 7) is 1.29. The number of nitro groups is 1. The minimum Gasteiger partial charge on any atom is -0.480 e. The number of hydrogen-bond donors (Lipinski definition) is 1. The molecule has 1 unspecified atom stereocenters. The number of carbonyl (C=O) groups is 1. The first kappa shape index (κ1) is 14.2.